The van der Waals surface area contributed by atoms with Crippen LogP contribution in [0.3, 0.4) is 0 Å². The van der Waals surface area contributed by atoms with Gasteiger partial charge in [-0.05, 0) is 32.6 Å². The van der Waals surface area contributed by atoms with Crippen LogP contribution in [0.15, 0.2) is 24.3 Å². The van der Waals surface area contributed by atoms with Gasteiger partial charge in [-0.15, -0.1) is 0 Å². The molecule has 14 heavy (non-hydrogen) atoms. The highest BCUT2D eigenvalue weighted by Crippen LogP contribution is 2.06. The number of hydrogen-bond donors (Lipinski definition) is 2. The first-order valence-corrected chi connectivity index (χ1v) is 5.41. The maximum absolute atomic E-state index is 8.59. The molecule has 2 nitrogen and oxygen atoms in total. The van der Waals surface area contributed by atoms with Crippen LogP contribution in [-0.4, -0.2) is 16.5 Å². The van der Waals surface area contributed by atoms with Crippen LogP contribution in [0.1, 0.15) is 45.4 Å². The van der Waals surface area contributed by atoms with Gasteiger partial charge in [0.25, 0.3) is 0 Å². The Labute approximate surface area is 87.0 Å². The second-order valence-electron chi connectivity index (χ2n) is 3.43. The van der Waals surface area contributed by atoms with Gasteiger partial charge in [0.1, 0.15) is 0 Å². The number of aliphatic hydroxyl groups is 2. The van der Waals surface area contributed by atoms with Crippen LogP contribution in [0.5, 0.6) is 0 Å². The van der Waals surface area contributed by atoms with Crippen molar-refractivity contribution in [2.75, 3.05) is 0 Å². The molecule has 82 valence electrons. The zero-order chi connectivity index (χ0) is 10.6. The van der Waals surface area contributed by atoms with Gasteiger partial charge in [0.05, 0.1) is 0 Å². The maximum Gasteiger partial charge on any atom is 0.151 e. The van der Waals surface area contributed by atoms with Gasteiger partial charge in [-0.3, -0.25) is 0 Å². The van der Waals surface area contributed by atoms with Crippen LogP contribution >= 0.6 is 0 Å². The van der Waals surface area contributed by atoms with Gasteiger partial charge in [-0.2, -0.15) is 0 Å². The van der Waals surface area contributed by atoms with Crippen LogP contribution in [0.25, 0.3) is 0 Å². The third-order valence-corrected chi connectivity index (χ3v) is 2.02. The standard InChI is InChI=1S/C12H22O2/c1-2-3-4-5-6-7-8-9-10-11-12(13)14/h2-5,12-14H,6-11H2,1H3/b3-2+,5-4+. The fraction of sp³-hybridized carbons (Fsp3) is 0.667. The SMILES string of the molecule is C/C=C/C=C/CCCCCCC(O)O. The Morgan fingerprint density at radius 2 is 1.71 bits per heavy atom. The summed E-state index contributed by atoms with van der Waals surface area (Å²) < 4.78 is 0. The molecule has 0 saturated carbocycles. The number of allylic oxidation sites excluding steroid dienone is 4. The predicted molar refractivity (Wildman–Crippen MR) is 59.9 cm³/mol. The lowest BCUT2D eigenvalue weighted by Gasteiger charge is -2.01. The molecule has 2 N–H and O–H groups in total. The van der Waals surface area contributed by atoms with E-state index in [9.17, 15) is 0 Å². The Kier molecular flexibility index (Phi) is 10.0. The first kappa shape index (κ1) is 13.4. The molecular weight excluding hydrogens is 176 g/mol. The van der Waals surface area contributed by atoms with Crippen LogP contribution in [0.2, 0.25) is 0 Å². The van der Waals surface area contributed by atoms with E-state index in [1.54, 1.807) is 0 Å². The van der Waals surface area contributed by atoms with Crippen molar-refractivity contribution in [2.24, 2.45) is 0 Å². The van der Waals surface area contributed by atoms with Gasteiger partial charge >= 0.3 is 0 Å². The smallest absolute Gasteiger partial charge is 0.151 e. The Morgan fingerprint density at radius 3 is 2.36 bits per heavy atom. The topological polar surface area (TPSA) is 40.5 Å². The Morgan fingerprint density at radius 1 is 1.00 bits per heavy atom. The van der Waals surface area contributed by atoms with E-state index in [0.717, 1.165) is 19.3 Å². The first-order valence-electron chi connectivity index (χ1n) is 5.41. The molecule has 0 amide bonds. The average molecular weight is 198 g/mol. The quantitative estimate of drug-likeness (QED) is 0.358. The van der Waals surface area contributed by atoms with E-state index >= 15 is 0 Å². The molecule has 0 aliphatic carbocycles. The normalized spacial score (nSPS) is 12.3. The van der Waals surface area contributed by atoms with Gasteiger partial charge in [-0.25, -0.2) is 0 Å². The Bertz CT molecular complexity index is 160. The summed E-state index contributed by atoms with van der Waals surface area (Å²) in [5.74, 6) is 0. The highest BCUT2D eigenvalue weighted by atomic mass is 16.5. The maximum atomic E-state index is 8.59. The van der Waals surface area contributed by atoms with Gasteiger partial charge in [-0.1, -0.05) is 37.1 Å². The summed E-state index contributed by atoms with van der Waals surface area (Å²) in [6.45, 7) is 2.00. The molecule has 0 radical (unpaired) electrons. The van der Waals surface area contributed by atoms with Crippen LogP contribution in [0.4, 0.5) is 0 Å². The van der Waals surface area contributed by atoms with Crippen molar-refractivity contribution in [1.29, 1.82) is 0 Å². The summed E-state index contributed by atoms with van der Waals surface area (Å²) >= 11 is 0. The summed E-state index contributed by atoms with van der Waals surface area (Å²) in [5, 5.41) is 17.2. The van der Waals surface area contributed by atoms with Gasteiger partial charge in [0.2, 0.25) is 0 Å². The molecule has 0 aromatic carbocycles. The lowest BCUT2D eigenvalue weighted by molar-refractivity contribution is -0.0465. The summed E-state index contributed by atoms with van der Waals surface area (Å²) in [4.78, 5) is 0. The van der Waals surface area contributed by atoms with Crippen molar-refractivity contribution >= 4 is 0 Å². The minimum Gasteiger partial charge on any atom is -0.368 e. The molecule has 0 aromatic heterocycles. The van der Waals surface area contributed by atoms with Gasteiger partial charge < -0.3 is 10.2 Å². The lowest BCUT2D eigenvalue weighted by Crippen LogP contribution is -2.02. The molecule has 0 fully saturated rings. The zero-order valence-corrected chi connectivity index (χ0v) is 9.02. The number of rotatable bonds is 8. The molecule has 0 saturated heterocycles. The molecule has 0 heterocycles. The number of aliphatic hydroxyl groups excluding tert-OH is 1. The summed E-state index contributed by atoms with van der Waals surface area (Å²) in [5.41, 5.74) is 0. The van der Waals surface area contributed by atoms with Crippen LogP contribution < -0.4 is 0 Å². The van der Waals surface area contributed by atoms with E-state index in [1.807, 2.05) is 19.1 Å². The Balaban J connectivity index is 3.06. The second kappa shape index (κ2) is 10.5. The molecule has 2 heteroatoms. The predicted octanol–water partition coefficient (Wildman–Crippen LogP) is 2.77. The minimum absolute atomic E-state index is 0.508. The Hall–Kier alpha value is -0.600. The first-order chi connectivity index (χ1) is 6.77. The molecule has 0 rings (SSSR count). The second-order valence-corrected chi connectivity index (χ2v) is 3.43. The van der Waals surface area contributed by atoms with E-state index in [0.29, 0.717) is 6.42 Å². The van der Waals surface area contributed by atoms with E-state index in [-0.39, 0.29) is 0 Å². The monoisotopic (exact) mass is 198 g/mol. The molecule has 0 bridgehead atoms. The van der Waals surface area contributed by atoms with Crippen molar-refractivity contribution in [3.05, 3.63) is 24.3 Å². The van der Waals surface area contributed by atoms with Gasteiger partial charge in [0.15, 0.2) is 6.29 Å². The van der Waals surface area contributed by atoms with Crippen LogP contribution in [0, 0.1) is 0 Å². The van der Waals surface area contributed by atoms with E-state index < -0.39 is 6.29 Å². The fourth-order valence-corrected chi connectivity index (χ4v) is 1.23. The molecule has 0 atom stereocenters. The summed E-state index contributed by atoms with van der Waals surface area (Å²) in [7, 11) is 0. The van der Waals surface area contributed by atoms with Crippen molar-refractivity contribution in [2.45, 2.75) is 51.7 Å². The number of unbranched alkanes of at least 4 members (excludes halogenated alkanes) is 4. The van der Waals surface area contributed by atoms with Crippen molar-refractivity contribution in [1.82, 2.24) is 0 Å². The van der Waals surface area contributed by atoms with E-state index in [1.165, 1.54) is 12.8 Å². The van der Waals surface area contributed by atoms with Crippen molar-refractivity contribution in [3.63, 3.8) is 0 Å². The highest BCUT2D eigenvalue weighted by Gasteiger charge is 1.95. The molecule has 0 spiro atoms. The molecule has 0 aromatic rings. The third-order valence-electron chi connectivity index (χ3n) is 2.02. The third kappa shape index (κ3) is 11.4. The van der Waals surface area contributed by atoms with Gasteiger partial charge in [0, 0.05) is 0 Å². The minimum atomic E-state index is -1.12. The number of hydrogen-bond acceptors (Lipinski definition) is 2. The fourth-order valence-electron chi connectivity index (χ4n) is 1.23. The van der Waals surface area contributed by atoms with E-state index in [2.05, 4.69) is 12.2 Å². The van der Waals surface area contributed by atoms with Crippen LogP contribution in [-0.2, 0) is 0 Å². The highest BCUT2D eigenvalue weighted by molar-refractivity contribution is 5.00. The van der Waals surface area contributed by atoms with Crippen molar-refractivity contribution in [3.8, 4) is 0 Å². The molecule has 0 aliphatic rings. The largest absolute Gasteiger partial charge is 0.368 e. The van der Waals surface area contributed by atoms with Crippen molar-refractivity contribution < 1.29 is 10.2 Å². The summed E-state index contributed by atoms with van der Waals surface area (Å²) in [6, 6.07) is 0. The molecule has 0 aliphatic heterocycles. The molecular formula is C12H22O2. The molecule has 0 unspecified atom stereocenters. The summed E-state index contributed by atoms with van der Waals surface area (Å²) in [6.07, 6.45) is 13.2. The van der Waals surface area contributed by atoms with E-state index in [4.69, 9.17) is 10.2 Å². The average Bonchev–Trinajstić information content (AvgIpc) is 2.15. The zero-order valence-electron chi connectivity index (χ0n) is 9.02. The lowest BCUT2D eigenvalue weighted by atomic mass is 10.1.